The van der Waals surface area contributed by atoms with Gasteiger partial charge in [0.2, 0.25) is 0 Å². The third kappa shape index (κ3) is 4.15. The van der Waals surface area contributed by atoms with Gasteiger partial charge in [-0.3, -0.25) is 0 Å². The molecule has 1 aromatic rings. The molecule has 0 aromatic heterocycles. The molecule has 2 amide bonds. The van der Waals surface area contributed by atoms with Gasteiger partial charge in [0.05, 0.1) is 12.8 Å². The molecule has 1 fully saturated rings. The second-order valence-corrected chi connectivity index (χ2v) is 5.54. The van der Waals surface area contributed by atoms with Crippen molar-refractivity contribution in [3.63, 3.8) is 0 Å². The first-order chi connectivity index (χ1) is 9.69. The Morgan fingerprint density at radius 1 is 1.30 bits per heavy atom. The van der Waals surface area contributed by atoms with Gasteiger partial charge in [0.1, 0.15) is 5.75 Å². The summed E-state index contributed by atoms with van der Waals surface area (Å²) in [5.41, 5.74) is 1.81. The van der Waals surface area contributed by atoms with Crippen molar-refractivity contribution in [1.29, 1.82) is 0 Å². The average molecular weight is 276 g/mol. The molecule has 0 atom stereocenters. The van der Waals surface area contributed by atoms with Crippen LogP contribution in [0.2, 0.25) is 0 Å². The predicted octanol–water partition coefficient (Wildman–Crippen LogP) is 3.71. The first-order valence-electron chi connectivity index (χ1n) is 7.38. The van der Waals surface area contributed by atoms with Gasteiger partial charge in [-0.1, -0.05) is 25.3 Å². The van der Waals surface area contributed by atoms with E-state index in [0.29, 0.717) is 17.4 Å². The lowest BCUT2D eigenvalue weighted by Gasteiger charge is -2.22. The minimum atomic E-state index is -0.153. The van der Waals surface area contributed by atoms with Crippen LogP contribution in [0.5, 0.6) is 5.75 Å². The van der Waals surface area contributed by atoms with Gasteiger partial charge in [0, 0.05) is 6.54 Å². The van der Waals surface area contributed by atoms with Crippen molar-refractivity contribution in [3.05, 3.63) is 23.8 Å². The number of benzene rings is 1. The van der Waals surface area contributed by atoms with E-state index in [0.717, 1.165) is 12.1 Å². The molecule has 2 rings (SSSR count). The molecule has 1 aliphatic rings. The van der Waals surface area contributed by atoms with Crippen LogP contribution in [0.4, 0.5) is 10.5 Å². The molecule has 110 valence electrons. The summed E-state index contributed by atoms with van der Waals surface area (Å²) in [4.78, 5) is 12.0. The number of rotatable bonds is 4. The van der Waals surface area contributed by atoms with Crippen LogP contribution in [0.3, 0.4) is 0 Å². The number of nitrogens with one attached hydrogen (secondary N) is 2. The molecule has 0 spiro atoms. The zero-order valence-corrected chi connectivity index (χ0v) is 12.4. The Kier molecular flexibility index (Phi) is 5.27. The quantitative estimate of drug-likeness (QED) is 0.881. The van der Waals surface area contributed by atoms with E-state index in [4.69, 9.17) is 4.74 Å². The molecule has 0 heterocycles. The monoisotopic (exact) mass is 276 g/mol. The minimum absolute atomic E-state index is 0.153. The van der Waals surface area contributed by atoms with Gasteiger partial charge in [-0.25, -0.2) is 4.79 Å². The van der Waals surface area contributed by atoms with Gasteiger partial charge in [-0.15, -0.1) is 0 Å². The summed E-state index contributed by atoms with van der Waals surface area (Å²) in [5, 5.41) is 5.83. The Labute approximate surface area is 120 Å². The SMILES string of the molecule is COc1ccc(C)cc1NC(=O)NCC1CCCCC1. The predicted molar refractivity (Wildman–Crippen MR) is 81.3 cm³/mol. The highest BCUT2D eigenvalue weighted by atomic mass is 16.5. The molecule has 0 radical (unpaired) electrons. The van der Waals surface area contributed by atoms with Crippen LogP contribution in [-0.2, 0) is 0 Å². The molecule has 0 aliphatic heterocycles. The smallest absolute Gasteiger partial charge is 0.319 e. The van der Waals surface area contributed by atoms with E-state index in [1.54, 1.807) is 7.11 Å². The van der Waals surface area contributed by atoms with Gasteiger partial charge in [0.25, 0.3) is 0 Å². The number of hydrogen-bond acceptors (Lipinski definition) is 2. The largest absolute Gasteiger partial charge is 0.495 e. The van der Waals surface area contributed by atoms with Gasteiger partial charge < -0.3 is 15.4 Å². The van der Waals surface area contributed by atoms with Crippen LogP contribution < -0.4 is 15.4 Å². The van der Waals surface area contributed by atoms with E-state index in [1.807, 2.05) is 25.1 Å². The van der Waals surface area contributed by atoms with Crippen molar-refractivity contribution >= 4 is 11.7 Å². The number of carbonyl (C=O) groups excluding carboxylic acids is 1. The first-order valence-corrected chi connectivity index (χ1v) is 7.38. The average Bonchev–Trinajstić information content (AvgIpc) is 2.46. The number of carbonyl (C=O) groups is 1. The third-order valence-electron chi connectivity index (χ3n) is 3.88. The zero-order chi connectivity index (χ0) is 14.4. The van der Waals surface area contributed by atoms with Crippen molar-refractivity contribution in [2.45, 2.75) is 39.0 Å². The number of urea groups is 1. The fourth-order valence-electron chi connectivity index (χ4n) is 2.71. The Morgan fingerprint density at radius 3 is 2.75 bits per heavy atom. The van der Waals surface area contributed by atoms with E-state index in [2.05, 4.69) is 10.6 Å². The highest BCUT2D eigenvalue weighted by Gasteiger charge is 2.14. The number of methoxy groups -OCH3 is 1. The number of anilines is 1. The molecule has 0 saturated heterocycles. The standard InChI is InChI=1S/C16H24N2O2/c1-12-8-9-15(20-2)14(10-12)18-16(19)17-11-13-6-4-3-5-7-13/h8-10,13H,3-7,11H2,1-2H3,(H2,17,18,19). The topological polar surface area (TPSA) is 50.4 Å². The first kappa shape index (κ1) is 14.7. The van der Waals surface area contributed by atoms with Crippen LogP contribution in [0.15, 0.2) is 18.2 Å². The van der Waals surface area contributed by atoms with Crippen LogP contribution in [0.25, 0.3) is 0 Å². The number of amides is 2. The minimum Gasteiger partial charge on any atom is -0.495 e. The molecular weight excluding hydrogens is 252 g/mol. The third-order valence-corrected chi connectivity index (χ3v) is 3.88. The van der Waals surface area contributed by atoms with Gasteiger partial charge >= 0.3 is 6.03 Å². The van der Waals surface area contributed by atoms with E-state index >= 15 is 0 Å². The summed E-state index contributed by atoms with van der Waals surface area (Å²) in [6, 6.07) is 5.59. The van der Waals surface area contributed by atoms with Gasteiger partial charge in [-0.2, -0.15) is 0 Å². The Hall–Kier alpha value is -1.71. The van der Waals surface area contributed by atoms with Crippen LogP contribution in [0.1, 0.15) is 37.7 Å². The van der Waals surface area contributed by atoms with E-state index < -0.39 is 0 Å². The van der Waals surface area contributed by atoms with Crippen LogP contribution in [0, 0.1) is 12.8 Å². The molecule has 1 saturated carbocycles. The van der Waals surface area contributed by atoms with Crippen molar-refractivity contribution in [2.24, 2.45) is 5.92 Å². The molecule has 4 heteroatoms. The van der Waals surface area contributed by atoms with Crippen LogP contribution in [-0.4, -0.2) is 19.7 Å². The van der Waals surface area contributed by atoms with E-state index in [9.17, 15) is 4.79 Å². The summed E-state index contributed by atoms with van der Waals surface area (Å²) in [7, 11) is 1.61. The summed E-state index contributed by atoms with van der Waals surface area (Å²) >= 11 is 0. The van der Waals surface area contributed by atoms with E-state index in [-0.39, 0.29) is 6.03 Å². The molecule has 1 aromatic carbocycles. The lowest BCUT2D eigenvalue weighted by Crippen LogP contribution is -2.33. The summed E-state index contributed by atoms with van der Waals surface area (Å²) in [6.07, 6.45) is 6.38. The second kappa shape index (κ2) is 7.17. The van der Waals surface area contributed by atoms with Crippen molar-refractivity contribution in [1.82, 2.24) is 5.32 Å². The number of ether oxygens (including phenoxy) is 1. The molecule has 20 heavy (non-hydrogen) atoms. The molecule has 2 N–H and O–H groups in total. The maximum atomic E-state index is 12.0. The Morgan fingerprint density at radius 2 is 2.05 bits per heavy atom. The van der Waals surface area contributed by atoms with Gasteiger partial charge in [-0.05, 0) is 43.4 Å². The maximum absolute atomic E-state index is 12.0. The van der Waals surface area contributed by atoms with Crippen molar-refractivity contribution in [3.8, 4) is 5.75 Å². The fourth-order valence-corrected chi connectivity index (χ4v) is 2.71. The zero-order valence-electron chi connectivity index (χ0n) is 12.4. The fraction of sp³-hybridized carbons (Fsp3) is 0.562. The van der Waals surface area contributed by atoms with Crippen LogP contribution >= 0.6 is 0 Å². The normalized spacial score (nSPS) is 15.7. The highest BCUT2D eigenvalue weighted by Crippen LogP contribution is 2.25. The van der Waals surface area contributed by atoms with Crippen molar-refractivity contribution in [2.75, 3.05) is 19.0 Å². The number of hydrogen-bond donors (Lipinski definition) is 2. The summed E-state index contributed by atoms with van der Waals surface area (Å²) in [6.45, 7) is 2.75. The summed E-state index contributed by atoms with van der Waals surface area (Å²) < 4.78 is 5.25. The maximum Gasteiger partial charge on any atom is 0.319 e. The lowest BCUT2D eigenvalue weighted by atomic mass is 9.89. The highest BCUT2D eigenvalue weighted by molar-refractivity contribution is 5.91. The molecule has 4 nitrogen and oxygen atoms in total. The van der Waals surface area contributed by atoms with Gasteiger partial charge in [0.15, 0.2) is 0 Å². The molecule has 0 unspecified atom stereocenters. The molecule has 1 aliphatic carbocycles. The molecule has 0 bridgehead atoms. The second-order valence-electron chi connectivity index (χ2n) is 5.54. The van der Waals surface area contributed by atoms with Crippen molar-refractivity contribution < 1.29 is 9.53 Å². The lowest BCUT2D eigenvalue weighted by molar-refractivity contribution is 0.247. The Bertz CT molecular complexity index is 454. The molecular formula is C16H24N2O2. The van der Waals surface area contributed by atoms with E-state index in [1.165, 1.54) is 32.1 Å². The summed E-state index contributed by atoms with van der Waals surface area (Å²) in [5.74, 6) is 1.32. The number of aryl methyl sites for hydroxylation is 1. The Balaban J connectivity index is 1.86.